The van der Waals surface area contributed by atoms with Crippen LogP contribution in [-0.2, 0) is 0 Å². The predicted molar refractivity (Wildman–Crippen MR) is 242 cm³/mol. The van der Waals surface area contributed by atoms with E-state index in [0.29, 0.717) is 5.82 Å². The first-order chi connectivity index (χ1) is 28.7. The van der Waals surface area contributed by atoms with Gasteiger partial charge in [-0.3, -0.25) is 4.98 Å². The number of pyridine rings is 1. The van der Waals surface area contributed by atoms with Crippen molar-refractivity contribution in [1.82, 2.24) is 15.0 Å². The first kappa shape index (κ1) is 33.6. The number of aromatic nitrogens is 3. The van der Waals surface area contributed by atoms with Crippen LogP contribution in [0.15, 0.2) is 213 Å². The molecule has 58 heavy (non-hydrogen) atoms. The van der Waals surface area contributed by atoms with Crippen molar-refractivity contribution in [3.8, 4) is 67.3 Å². The lowest BCUT2D eigenvalue weighted by molar-refractivity contribution is 1.18. The zero-order valence-electron chi connectivity index (χ0n) is 31.5. The fraction of sp³-hybridized carbons (Fsp3) is 0. The fourth-order valence-electron chi connectivity index (χ4n) is 8.48. The van der Waals surface area contributed by atoms with E-state index in [2.05, 4.69) is 205 Å². The average Bonchev–Trinajstić information content (AvgIpc) is 3.31. The molecule has 3 heteroatoms. The molecule has 0 atom stereocenters. The standard InChI is InChI=1S/C55H35N3/c1-4-20-45-36(12-1)15-11-25-46(45)39-16-10-19-43(31-39)55-57-53(38-28-26-37(27-29-38)52-35-56-34-44-14-3-6-22-48(44)52)33-54(58-55)42-18-9-17-40(30-42)51-32-41-13-2-5-21-47(41)49-23-7-8-24-50(49)51/h1-35H. The first-order valence-corrected chi connectivity index (χ1v) is 19.7. The molecule has 11 aromatic rings. The summed E-state index contributed by atoms with van der Waals surface area (Å²) in [6.07, 6.45) is 3.87. The summed E-state index contributed by atoms with van der Waals surface area (Å²) >= 11 is 0. The second-order valence-corrected chi connectivity index (χ2v) is 14.8. The van der Waals surface area contributed by atoms with Crippen molar-refractivity contribution in [1.29, 1.82) is 0 Å². The number of fused-ring (bicyclic) bond motifs is 5. The first-order valence-electron chi connectivity index (χ1n) is 19.7. The van der Waals surface area contributed by atoms with Crippen molar-refractivity contribution in [3.05, 3.63) is 213 Å². The zero-order valence-corrected chi connectivity index (χ0v) is 31.5. The minimum Gasteiger partial charge on any atom is -0.263 e. The largest absolute Gasteiger partial charge is 0.263 e. The van der Waals surface area contributed by atoms with Gasteiger partial charge in [-0.2, -0.15) is 0 Å². The van der Waals surface area contributed by atoms with E-state index in [1.165, 1.54) is 48.8 Å². The van der Waals surface area contributed by atoms with E-state index in [0.717, 1.165) is 55.7 Å². The maximum Gasteiger partial charge on any atom is 0.160 e. The van der Waals surface area contributed by atoms with Gasteiger partial charge in [0.25, 0.3) is 0 Å². The fourth-order valence-corrected chi connectivity index (χ4v) is 8.48. The van der Waals surface area contributed by atoms with Gasteiger partial charge in [-0.1, -0.05) is 176 Å². The van der Waals surface area contributed by atoms with Crippen molar-refractivity contribution in [3.63, 3.8) is 0 Å². The van der Waals surface area contributed by atoms with Crippen molar-refractivity contribution < 1.29 is 0 Å². The summed E-state index contributed by atoms with van der Waals surface area (Å²) in [6.45, 7) is 0. The summed E-state index contributed by atoms with van der Waals surface area (Å²) < 4.78 is 0. The Morgan fingerprint density at radius 3 is 1.59 bits per heavy atom. The smallest absolute Gasteiger partial charge is 0.160 e. The van der Waals surface area contributed by atoms with Crippen molar-refractivity contribution in [2.45, 2.75) is 0 Å². The third-order valence-electron chi connectivity index (χ3n) is 11.3. The van der Waals surface area contributed by atoms with Gasteiger partial charge < -0.3 is 0 Å². The Morgan fingerprint density at radius 2 is 0.793 bits per heavy atom. The van der Waals surface area contributed by atoms with Gasteiger partial charge in [0.1, 0.15) is 0 Å². The number of hydrogen-bond donors (Lipinski definition) is 0. The maximum absolute atomic E-state index is 5.32. The summed E-state index contributed by atoms with van der Waals surface area (Å²) in [5.41, 5.74) is 11.6. The van der Waals surface area contributed by atoms with Gasteiger partial charge in [-0.15, -0.1) is 0 Å². The molecule has 0 fully saturated rings. The molecule has 0 aliphatic carbocycles. The van der Waals surface area contributed by atoms with Gasteiger partial charge in [0.15, 0.2) is 5.82 Å². The molecular formula is C55H35N3. The summed E-state index contributed by atoms with van der Waals surface area (Å²) in [6, 6.07) is 71.3. The summed E-state index contributed by atoms with van der Waals surface area (Å²) in [7, 11) is 0. The van der Waals surface area contributed by atoms with Gasteiger partial charge in [0, 0.05) is 40.0 Å². The lowest BCUT2D eigenvalue weighted by Crippen LogP contribution is -1.97. The quantitative estimate of drug-likeness (QED) is 0.160. The molecule has 11 rings (SSSR count). The molecule has 0 saturated heterocycles. The highest BCUT2D eigenvalue weighted by molar-refractivity contribution is 6.14. The summed E-state index contributed by atoms with van der Waals surface area (Å²) in [4.78, 5) is 15.2. The molecule has 0 bridgehead atoms. The molecule has 0 aliphatic heterocycles. The lowest BCUT2D eigenvalue weighted by atomic mass is 9.92. The minimum absolute atomic E-state index is 0.679. The Morgan fingerprint density at radius 1 is 0.259 bits per heavy atom. The van der Waals surface area contributed by atoms with Crippen LogP contribution in [0.3, 0.4) is 0 Å². The minimum atomic E-state index is 0.679. The number of nitrogens with zero attached hydrogens (tertiary/aromatic N) is 3. The third kappa shape index (κ3) is 5.98. The molecule has 0 spiro atoms. The molecular weight excluding hydrogens is 703 g/mol. The van der Waals surface area contributed by atoms with E-state index < -0.39 is 0 Å². The second-order valence-electron chi connectivity index (χ2n) is 14.8. The molecule has 9 aromatic carbocycles. The predicted octanol–water partition coefficient (Wildman–Crippen LogP) is 14.5. The Hall–Kier alpha value is -7.75. The Kier molecular flexibility index (Phi) is 8.15. The van der Waals surface area contributed by atoms with Gasteiger partial charge >= 0.3 is 0 Å². The molecule has 270 valence electrons. The number of rotatable bonds is 6. The van der Waals surface area contributed by atoms with Gasteiger partial charge in [-0.05, 0) is 89.8 Å². The monoisotopic (exact) mass is 737 g/mol. The summed E-state index contributed by atoms with van der Waals surface area (Å²) in [5.74, 6) is 0.679. The highest BCUT2D eigenvalue weighted by Gasteiger charge is 2.15. The zero-order chi connectivity index (χ0) is 38.4. The van der Waals surface area contributed by atoms with Crippen molar-refractivity contribution in [2.75, 3.05) is 0 Å². The highest BCUT2D eigenvalue weighted by atomic mass is 14.9. The highest BCUT2D eigenvalue weighted by Crippen LogP contribution is 2.38. The average molecular weight is 738 g/mol. The van der Waals surface area contributed by atoms with Crippen LogP contribution in [-0.4, -0.2) is 15.0 Å². The van der Waals surface area contributed by atoms with Crippen molar-refractivity contribution in [2.24, 2.45) is 0 Å². The van der Waals surface area contributed by atoms with E-state index in [1.807, 2.05) is 12.4 Å². The Balaban J connectivity index is 1.06. The van der Waals surface area contributed by atoms with E-state index in [-0.39, 0.29) is 0 Å². The number of hydrogen-bond acceptors (Lipinski definition) is 3. The summed E-state index contributed by atoms with van der Waals surface area (Å²) in [5, 5.41) is 9.71. The molecule has 0 N–H and O–H groups in total. The van der Waals surface area contributed by atoms with Gasteiger partial charge in [0.05, 0.1) is 11.4 Å². The van der Waals surface area contributed by atoms with Crippen LogP contribution in [0.25, 0.3) is 110 Å². The van der Waals surface area contributed by atoms with E-state index in [1.54, 1.807) is 0 Å². The molecule has 0 unspecified atom stereocenters. The van der Waals surface area contributed by atoms with Crippen molar-refractivity contribution >= 4 is 43.1 Å². The molecule has 0 amide bonds. The van der Waals surface area contributed by atoms with Crippen LogP contribution in [0.5, 0.6) is 0 Å². The van der Waals surface area contributed by atoms with E-state index in [9.17, 15) is 0 Å². The van der Waals surface area contributed by atoms with Gasteiger partial charge in [0.2, 0.25) is 0 Å². The van der Waals surface area contributed by atoms with Crippen LogP contribution >= 0.6 is 0 Å². The Labute approximate surface area is 336 Å². The van der Waals surface area contributed by atoms with Gasteiger partial charge in [-0.25, -0.2) is 9.97 Å². The van der Waals surface area contributed by atoms with Crippen LogP contribution in [0.1, 0.15) is 0 Å². The molecule has 0 saturated carbocycles. The SMILES string of the molecule is c1cc(-c2nc(-c3ccc(-c4cncc5ccccc45)cc3)cc(-c3cccc(-c4cc5ccccc5c5ccccc45)c3)n2)cc(-c2cccc3ccccc23)c1. The second kappa shape index (κ2) is 14.1. The van der Waals surface area contributed by atoms with Crippen LogP contribution in [0, 0.1) is 0 Å². The Bertz CT molecular complexity index is 3340. The normalized spacial score (nSPS) is 11.4. The molecule has 0 radical (unpaired) electrons. The molecule has 2 heterocycles. The molecule has 0 aliphatic rings. The van der Waals surface area contributed by atoms with Crippen LogP contribution < -0.4 is 0 Å². The third-order valence-corrected chi connectivity index (χ3v) is 11.3. The van der Waals surface area contributed by atoms with E-state index >= 15 is 0 Å². The maximum atomic E-state index is 5.32. The topological polar surface area (TPSA) is 38.7 Å². The molecule has 2 aromatic heterocycles. The van der Waals surface area contributed by atoms with E-state index in [4.69, 9.17) is 9.97 Å². The van der Waals surface area contributed by atoms with Crippen LogP contribution in [0.4, 0.5) is 0 Å². The molecule has 3 nitrogen and oxygen atoms in total. The van der Waals surface area contributed by atoms with Crippen LogP contribution in [0.2, 0.25) is 0 Å². The number of benzene rings is 9. The lowest BCUT2D eigenvalue weighted by Gasteiger charge is -2.14.